The number of halogens is 2. The lowest BCUT2D eigenvalue weighted by Gasteiger charge is -2.22. The van der Waals surface area contributed by atoms with Gasteiger partial charge in [-0.2, -0.15) is 5.10 Å². The Morgan fingerprint density at radius 3 is 2.64 bits per heavy atom. The van der Waals surface area contributed by atoms with E-state index >= 15 is 0 Å². The van der Waals surface area contributed by atoms with Crippen LogP contribution in [0.1, 0.15) is 23.2 Å². The molecule has 1 fully saturated rings. The van der Waals surface area contributed by atoms with Gasteiger partial charge in [-0.25, -0.2) is 13.6 Å². The van der Waals surface area contributed by atoms with Gasteiger partial charge in [0.1, 0.15) is 23.3 Å². The Bertz CT molecular complexity index is 661. The molecule has 1 saturated heterocycles. The summed E-state index contributed by atoms with van der Waals surface area (Å²) in [6, 6.07) is 3.49. The van der Waals surface area contributed by atoms with Crippen molar-refractivity contribution in [2.24, 2.45) is 0 Å². The van der Waals surface area contributed by atoms with Crippen molar-refractivity contribution in [2.75, 3.05) is 13.2 Å². The van der Waals surface area contributed by atoms with Crippen LogP contribution >= 0.6 is 0 Å². The molecule has 3 rings (SSSR count). The van der Waals surface area contributed by atoms with Crippen molar-refractivity contribution >= 4 is 5.97 Å². The molecular formula is C15H14F2N2O3. The molecular weight excluding hydrogens is 294 g/mol. The average molecular weight is 308 g/mol. The van der Waals surface area contributed by atoms with E-state index in [4.69, 9.17) is 9.47 Å². The minimum absolute atomic E-state index is 0.00971. The number of benzene rings is 1. The molecule has 0 bridgehead atoms. The maximum atomic E-state index is 13.9. The monoisotopic (exact) mass is 308 g/mol. The third kappa shape index (κ3) is 2.85. The normalized spacial score (nSPS) is 15.7. The van der Waals surface area contributed by atoms with Crippen LogP contribution in [0.3, 0.4) is 0 Å². The van der Waals surface area contributed by atoms with Gasteiger partial charge in [0.05, 0.1) is 30.7 Å². The number of aromatic nitrogens is 2. The average Bonchev–Trinajstić information content (AvgIpc) is 2.97. The number of nitrogens with zero attached hydrogens (tertiary/aromatic N) is 1. The van der Waals surface area contributed by atoms with E-state index in [-0.39, 0.29) is 22.9 Å². The highest BCUT2D eigenvalue weighted by Crippen LogP contribution is 2.28. The summed E-state index contributed by atoms with van der Waals surface area (Å²) < 4.78 is 38.3. The highest BCUT2D eigenvalue weighted by atomic mass is 19.1. The number of aromatic amines is 1. The van der Waals surface area contributed by atoms with Crippen molar-refractivity contribution in [1.29, 1.82) is 0 Å². The lowest BCUT2D eigenvalue weighted by Crippen LogP contribution is -2.26. The van der Waals surface area contributed by atoms with E-state index in [0.717, 1.165) is 12.1 Å². The number of H-pyrrole nitrogens is 1. The van der Waals surface area contributed by atoms with Gasteiger partial charge in [0.15, 0.2) is 0 Å². The van der Waals surface area contributed by atoms with Gasteiger partial charge in [0, 0.05) is 12.8 Å². The molecule has 0 saturated carbocycles. The first-order valence-electron chi connectivity index (χ1n) is 6.93. The highest BCUT2D eigenvalue weighted by molar-refractivity contribution is 5.96. The maximum Gasteiger partial charge on any atom is 0.342 e. The van der Waals surface area contributed by atoms with Gasteiger partial charge in [0.2, 0.25) is 0 Å². The van der Waals surface area contributed by atoms with Crippen LogP contribution in [0, 0.1) is 11.6 Å². The number of carbonyl (C=O) groups is 1. The van der Waals surface area contributed by atoms with Crippen molar-refractivity contribution < 1.29 is 23.0 Å². The van der Waals surface area contributed by atoms with Gasteiger partial charge in [0.25, 0.3) is 0 Å². The van der Waals surface area contributed by atoms with Crippen molar-refractivity contribution in [3.63, 3.8) is 0 Å². The van der Waals surface area contributed by atoms with Crippen molar-refractivity contribution in [2.45, 2.75) is 18.9 Å². The summed E-state index contributed by atoms with van der Waals surface area (Å²) in [6.45, 7) is 1.05. The predicted octanol–water partition coefficient (Wildman–Crippen LogP) is 2.69. The topological polar surface area (TPSA) is 64.2 Å². The molecule has 1 aromatic heterocycles. The molecule has 22 heavy (non-hydrogen) atoms. The fourth-order valence-corrected chi connectivity index (χ4v) is 2.38. The molecule has 0 radical (unpaired) electrons. The molecule has 5 nitrogen and oxygen atoms in total. The fraction of sp³-hybridized carbons (Fsp3) is 0.333. The molecule has 0 unspecified atom stereocenters. The smallest absolute Gasteiger partial charge is 0.342 e. The number of hydrogen-bond acceptors (Lipinski definition) is 4. The Morgan fingerprint density at radius 2 is 1.95 bits per heavy atom. The summed E-state index contributed by atoms with van der Waals surface area (Å²) in [5, 5.41) is 6.18. The molecule has 1 aromatic carbocycles. The third-order valence-electron chi connectivity index (χ3n) is 3.51. The second-order valence-electron chi connectivity index (χ2n) is 4.97. The summed E-state index contributed by atoms with van der Waals surface area (Å²) in [6.07, 6.45) is 2.16. The molecule has 2 aromatic rings. The molecule has 0 aliphatic carbocycles. The van der Waals surface area contributed by atoms with Crippen LogP contribution in [-0.4, -0.2) is 35.5 Å². The Labute approximate surface area is 125 Å². The Balaban J connectivity index is 1.87. The number of esters is 1. The molecule has 1 aliphatic rings. The quantitative estimate of drug-likeness (QED) is 0.886. The summed E-state index contributed by atoms with van der Waals surface area (Å²) in [7, 11) is 0. The zero-order valence-corrected chi connectivity index (χ0v) is 11.6. The first-order valence-corrected chi connectivity index (χ1v) is 6.93. The predicted molar refractivity (Wildman–Crippen MR) is 73.2 cm³/mol. The molecule has 1 N–H and O–H groups in total. The standard InChI is InChI=1S/C15H14F2N2O3/c16-11-2-1-3-12(17)13(11)14-10(8-18-19-14)15(20)22-9-4-6-21-7-5-9/h1-3,8-9H,4-7H2,(H,18,19). The molecule has 2 heterocycles. The van der Waals surface area contributed by atoms with Crippen LogP contribution in [0.4, 0.5) is 8.78 Å². The van der Waals surface area contributed by atoms with Crippen molar-refractivity contribution in [3.05, 3.63) is 41.6 Å². The first kappa shape index (κ1) is 14.6. The van der Waals surface area contributed by atoms with Crippen LogP contribution in [-0.2, 0) is 9.47 Å². The van der Waals surface area contributed by atoms with E-state index in [9.17, 15) is 13.6 Å². The molecule has 7 heteroatoms. The van der Waals surface area contributed by atoms with E-state index in [1.807, 2.05) is 0 Å². The van der Waals surface area contributed by atoms with E-state index in [1.165, 1.54) is 12.3 Å². The third-order valence-corrected chi connectivity index (χ3v) is 3.51. The van der Waals surface area contributed by atoms with Gasteiger partial charge < -0.3 is 9.47 Å². The lowest BCUT2D eigenvalue weighted by molar-refractivity contribution is -0.0158. The maximum absolute atomic E-state index is 13.9. The zero-order chi connectivity index (χ0) is 15.5. The van der Waals surface area contributed by atoms with Crippen LogP contribution in [0.5, 0.6) is 0 Å². The second kappa shape index (κ2) is 6.23. The van der Waals surface area contributed by atoms with E-state index in [2.05, 4.69) is 10.2 Å². The Hall–Kier alpha value is -2.28. The number of ether oxygens (including phenoxy) is 2. The van der Waals surface area contributed by atoms with Crippen LogP contribution in [0.2, 0.25) is 0 Å². The van der Waals surface area contributed by atoms with Crippen molar-refractivity contribution in [1.82, 2.24) is 10.2 Å². The van der Waals surface area contributed by atoms with E-state index in [0.29, 0.717) is 26.1 Å². The first-order chi connectivity index (χ1) is 10.7. The van der Waals surface area contributed by atoms with Gasteiger partial charge in [-0.15, -0.1) is 0 Å². The molecule has 1 aliphatic heterocycles. The summed E-state index contributed by atoms with van der Waals surface area (Å²) in [5.74, 6) is -2.20. The molecule has 116 valence electrons. The summed E-state index contributed by atoms with van der Waals surface area (Å²) in [5.41, 5.74) is -0.331. The molecule has 0 atom stereocenters. The highest BCUT2D eigenvalue weighted by Gasteiger charge is 2.25. The fourth-order valence-electron chi connectivity index (χ4n) is 2.38. The molecule has 0 spiro atoms. The zero-order valence-electron chi connectivity index (χ0n) is 11.6. The number of nitrogens with one attached hydrogen (secondary N) is 1. The second-order valence-corrected chi connectivity index (χ2v) is 4.97. The van der Waals surface area contributed by atoms with E-state index in [1.54, 1.807) is 0 Å². The van der Waals surface area contributed by atoms with Gasteiger partial charge in [-0.1, -0.05) is 6.07 Å². The van der Waals surface area contributed by atoms with Crippen molar-refractivity contribution in [3.8, 4) is 11.3 Å². The van der Waals surface area contributed by atoms with Crippen LogP contribution in [0.25, 0.3) is 11.3 Å². The molecule has 0 amide bonds. The van der Waals surface area contributed by atoms with Gasteiger partial charge in [-0.3, -0.25) is 5.10 Å². The van der Waals surface area contributed by atoms with Crippen LogP contribution in [0.15, 0.2) is 24.4 Å². The Morgan fingerprint density at radius 1 is 1.27 bits per heavy atom. The van der Waals surface area contributed by atoms with Gasteiger partial charge in [-0.05, 0) is 12.1 Å². The summed E-state index contributed by atoms with van der Waals surface area (Å²) in [4.78, 5) is 12.2. The minimum Gasteiger partial charge on any atom is -0.459 e. The van der Waals surface area contributed by atoms with Crippen LogP contribution < -0.4 is 0 Å². The number of carbonyl (C=O) groups excluding carboxylic acids is 1. The SMILES string of the molecule is O=C(OC1CCOCC1)c1cn[nH]c1-c1c(F)cccc1F. The minimum atomic E-state index is -0.774. The lowest BCUT2D eigenvalue weighted by atomic mass is 10.1. The van der Waals surface area contributed by atoms with E-state index < -0.39 is 17.6 Å². The number of rotatable bonds is 3. The largest absolute Gasteiger partial charge is 0.459 e. The number of hydrogen-bond donors (Lipinski definition) is 1. The summed E-state index contributed by atoms with van der Waals surface area (Å²) >= 11 is 0. The Kier molecular flexibility index (Phi) is 4.15. The van der Waals surface area contributed by atoms with Gasteiger partial charge >= 0.3 is 5.97 Å².